The molecule has 43 heavy (non-hydrogen) atoms. The van der Waals surface area contributed by atoms with E-state index in [0.717, 1.165) is 86.8 Å². The van der Waals surface area contributed by atoms with Crippen LogP contribution in [0.1, 0.15) is 100 Å². The van der Waals surface area contributed by atoms with Crippen LogP contribution in [0, 0.1) is 0 Å². The number of hydrogen-bond donors (Lipinski definition) is 1. The first-order valence-electron chi connectivity index (χ1n) is 16.2. The average Bonchev–Trinajstić information content (AvgIpc) is 3.04. The number of esters is 1. The topological polar surface area (TPSA) is 72.8 Å². The van der Waals surface area contributed by atoms with Gasteiger partial charge in [0, 0.05) is 16.3 Å². The molecule has 0 fully saturated rings. The summed E-state index contributed by atoms with van der Waals surface area (Å²) in [4.78, 5) is 12.5. The van der Waals surface area contributed by atoms with E-state index in [1.165, 1.54) is 0 Å². The molecule has 2 atom stereocenters. The zero-order valence-corrected chi connectivity index (χ0v) is 27.3. The van der Waals surface area contributed by atoms with Crippen molar-refractivity contribution in [2.75, 3.05) is 13.7 Å². The Bertz CT molecular complexity index is 1220. The first-order chi connectivity index (χ1) is 21.0. The number of unbranched alkanes of at least 4 members (excludes halogenated alkanes) is 7. The van der Waals surface area contributed by atoms with Gasteiger partial charge in [0.15, 0.2) is 0 Å². The Kier molecular flexibility index (Phi) is 15.1. The van der Waals surface area contributed by atoms with Crippen molar-refractivity contribution in [3.63, 3.8) is 0 Å². The van der Waals surface area contributed by atoms with Gasteiger partial charge in [-0.1, -0.05) is 131 Å². The van der Waals surface area contributed by atoms with Gasteiger partial charge in [0.2, 0.25) is 0 Å². The normalized spacial score (nSPS) is 12.9. The molecule has 0 aliphatic carbocycles. The number of benzene rings is 3. The number of rotatable bonds is 20. The number of carbonyl (C=O) groups is 1. The van der Waals surface area contributed by atoms with E-state index in [1.54, 1.807) is 20.1 Å². The lowest BCUT2D eigenvalue weighted by Crippen LogP contribution is -2.35. The molecule has 1 N–H and O–H groups in total. The van der Waals surface area contributed by atoms with Crippen LogP contribution in [-0.2, 0) is 15.7 Å². The van der Waals surface area contributed by atoms with Crippen LogP contribution < -0.4 is 15.3 Å². The highest BCUT2D eigenvalue weighted by Crippen LogP contribution is 2.52. The van der Waals surface area contributed by atoms with E-state index < -0.39 is 13.2 Å². The van der Waals surface area contributed by atoms with E-state index in [4.69, 9.17) is 9.47 Å². The molecule has 3 aromatic carbocycles. The van der Waals surface area contributed by atoms with Gasteiger partial charge < -0.3 is 19.1 Å². The number of methoxy groups -OCH3 is 1. The zero-order valence-electron chi connectivity index (χ0n) is 26.4. The Morgan fingerprint density at radius 2 is 1.33 bits per heavy atom. The minimum Gasteiger partial charge on any atom is -0.496 e. The van der Waals surface area contributed by atoms with Crippen LogP contribution in [0.3, 0.4) is 0 Å². The van der Waals surface area contributed by atoms with Crippen LogP contribution in [0.4, 0.5) is 0 Å². The van der Waals surface area contributed by atoms with Crippen molar-refractivity contribution in [3.05, 3.63) is 90.0 Å². The third kappa shape index (κ3) is 9.81. The molecule has 0 saturated heterocycles. The molecule has 5 nitrogen and oxygen atoms in total. The Hall–Kier alpha value is -2.88. The predicted octanol–water partition coefficient (Wildman–Crippen LogP) is 8.47. The highest BCUT2D eigenvalue weighted by Gasteiger charge is 2.40. The van der Waals surface area contributed by atoms with Crippen molar-refractivity contribution in [2.24, 2.45) is 0 Å². The quantitative estimate of drug-likeness (QED) is 0.0794. The lowest BCUT2D eigenvalue weighted by Gasteiger charge is -2.32. The lowest BCUT2D eigenvalue weighted by atomic mass is 9.98. The third-order valence-electron chi connectivity index (χ3n) is 8.30. The maximum Gasteiger partial charge on any atom is 0.342 e. The molecule has 0 heterocycles. The summed E-state index contributed by atoms with van der Waals surface area (Å²) in [5.74, 6) is 0.217. The van der Waals surface area contributed by atoms with Crippen molar-refractivity contribution >= 4 is 23.7 Å². The van der Waals surface area contributed by atoms with Crippen LogP contribution in [0.25, 0.3) is 0 Å². The largest absolute Gasteiger partial charge is 0.496 e. The van der Waals surface area contributed by atoms with Crippen molar-refractivity contribution in [2.45, 2.75) is 103 Å². The average molecular weight is 607 g/mol. The fraction of sp³-hybridized carbons (Fsp3) is 0.486. The summed E-state index contributed by atoms with van der Waals surface area (Å²) >= 11 is 0. The zero-order chi connectivity index (χ0) is 30.9. The molecule has 0 bridgehead atoms. The van der Waals surface area contributed by atoms with E-state index in [0.29, 0.717) is 24.3 Å². The van der Waals surface area contributed by atoms with Crippen molar-refractivity contribution in [1.82, 2.24) is 0 Å². The van der Waals surface area contributed by atoms with E-state index in [9.17, 15) is 9.90 Å². The highest BCUT2D eigenvalue weighted by atomic mass is 31.2. The lowest BCUT2D eigenvalue weighted by molar-refractivity contribution is 0.0521. The Morgan fingerprint density at radius 1 is 0.744 bits per heavy atom. The molecule has 0 saturated carbocycles. The van der Waals surface area contributed by atoms with Gasteiger partial charge in [0.05, 0.1) is 19.8 Å². The van der Waals surface area contributed by atoms with Crippen LogP contribution in [0.15, 0.2) is 78.9 Å². The maximum atomic E-state index is 15.1. The molecule has 0 unspecified atom stereocenters. The number of aliphatic hydroxyl groups excluding tert-OH is 1. The van der Waals surface area contributed by atoms with Crippen LogP contribution >= 0.6 is 7.14 Å². The van der Waals surface area contributed by atoms with Gasteiger partial charge in [0.25, 0.3) is 0 Å². The van der Waals surface area contributed by atoms with E-state index in [-0.39, 0.29) is 11.6 Å². The Labute approximate surface area is 259 Å². The molecule has 0 aliphatic rings. The molecular weight excluding hydrogens is 555 g/mol. The van der Waals surface area contributed by atoms with Crippen molar-refractivity contribution < 1.29 is 23.9 Å². The number of aryl methyl sites for hydroxylation is 1. The number of carbonyl (C=O) groups excluding carboxylic acids is 1. The van der Waals surface area contributed by atoms with E-state index >= 15 is 4.57 Å². The minimum absolute atomic E-state index is 0.302. The van der Waals surface area contributed by atoms with E-state index in [1.807, 2.05) is 72.8 Å². The summed E-state index contributed by atoms with van der Waals surface area (Å²) in [7, 11) is -1.49. The second-order valence-electron chi connectivity index (χ2n) is 11.3. The summed E-state index contributed by atoms with van der Waals surface area (Å²) < 4.78 is 25.8. The summed E-state index contributed by atoms with van der Waals surface area (Å²) in [6, 6.07) is 25.3. The second kappa shape index (κ2) is 18.7. The molecule has 0 aliphatic heterocycles. The number of aliphatic hydroxyl groups is 1. The molecule has 6 heteroatoms. The molecule has 3 aromatic rings. The van der Waals surface area contributed by atoms with Gasteiger partial charge in [-0.05, 0) is 44.2 Å². The first kappa shape index (κ1) is 34.6. The SMILES string of the molecule is CCCCCC[C@@H]([C@@H](O)CCCCCCCc1cccc(OC)c1C(=O)OCC)P(=O)(c1ccccc1)c1ccccc1. The number of ether oxygens (including phenoxy) is 2. The standard InChI is InChI=1S/C37H51O5P/c1-4-6-7-19-29-35(43(40,31-23-14-11-15-24-31)32-25-16-12-17-26-32)33(38)27-18-10-8-9-13-21-30-22-20-28-34(41-3)36(30)37(39)42-5-2/h11-12,14-17,20,22-26,28,33,35,38H,4-10,13,18-19,21,27,29H2,1-3H3/t33-,35-/m0/s1. The van der Waals surface area contributed by atoms with Gasteiger partial charge in [-0.3, -0.25) is 0 Å². The minimum atomic E-state index is -3.06. The molecule has 3 rings (SSSR count). The van der Waals surface area contributed by atoms with Crippen LogP contribution in [-0.4, -0.2) is 36.6 Å². The summed E-state index contributed by atoms with van der Waals surface area (Å²) in [6.07, 6.45) is 10.8. The Morgan fingerprint density at radius 3 is 1.93 bits per heavy atom. The summed E-state index contributed by atoms with van der Waals surface area (Å²) in [5.41, 5.74) is 1.18. The van der Waals surface area contributed by atoms with Gasteiger partial charge in [-0.15, -0.1) is 0 Å². The predicted molar refractivity (Wildman–Crippen MR) is 179 cm³/mol. The fourth-order valence-corrected chi connectivity index (χ4v) is 9.48. The van der Waals surface area contributed by atoms with Gasteiger partial charge in [-0.25, -0.2) is 4.79 Å². The van der Waals surface area contributed by atoms with Gasteiger partial charge >= 0.3 is 5.97 Å². The van der Waals surface area contributed by atoms with Crippen molar-refractivity contribution in [3.8, 4) is 5.75 Å². The molecule has 0 amide bonds. The molecule has 234 valence electrons. The van der Waals surface area contributed by atoms with Crippen LogP contribution in [0.2, 0.25) is 0 Å². The summed E-state index contributed by atoms with van der Waals surface area (Å²) in [6.45, 7) is 4.33. The number of hydrogen-bond acceptors (Lipinski definition) is 5. The molecular formula is C37H51O5P. The molecule has 0 radical (unpaired) electrons. The highest BCUT2D eigenvalue weighted by molar-refractivity contribution is 7.79. The second-order valence-corrected chi connectivity index (χ2v) is 14.3. The van der Waals surface area contributed by atoms with Crippen molar-refractivity contribution in [1.29, 1.82) is 0 Å². The monoisotopic (exact) mass is 606 g/mol. The van der Waals surface area contributed by atoms with Crippen LogP contribution in [0.5, 0.6) is 5.75 Å². The molecule has 0 aromatic heterocycles. The van der Waals surface area contributed by atoms with E-state index in [2.05, 4.69) is 6.92 Å². The smallest absolute Gasteiger partial charge is 0.342 e. The summed E-state index contributed by atoms with van der Waals surface area (Å²) in [5, 5.41) is 13.3. The third-order valence-corrected chi connectivity index (χ3v) is 12.0. The molecule has 0 spiro atoms. The maximum absolute atomic E-state index is 15.1. The fourth-order valence-electron chi connectivity index (χ4n) is 6.01. The Balaban J connectivity index is 1.61. The first-order valence-corrected chi connectivity index (χ1v) is 18.0. The van der Waals surface area contributed by atoms with Gasteiger partial charge in [-0.2, -0.15) is 0 Å². The van der Waals surface area contributed by atoms with Gasteiger partial charge in [0.1, 0.15) is 18.5 Å².